The van der Waals surface area contributed by atoms with Gasteiger partial charge in [0.05, 0.1) is 5.60 Å². The molecule has 16 heavy (non-hydrogen) atoms. The lowest BCUT2D eigenvalue weighted by molar-refractivity contribution is -0.00769. The van der Waals surface area contributed by atoms with Crippen LogP contribution in [0.5, 0.6) is 0 Å². The van der Waals surface area contributed by atoms with Gasteiger partial charge in [0.25, 0.3) is 0 Å². The second-order valence-electron chi connectivity index (χ2n) is 5.68. The van der Waals surface area contributed by atoms with Crippen molar-refractivity contribution in [2.45, 2.75) is 45.3 Å². The van der Waals surface area contributed by atoms with Gasteiger partial charge in [0.1, 0.15) is 0 Å². The van der Waals surface area contributed by atoms with Crippen LogP contribution in [0, 0.1) is 11.8 Å². The van der Waals surface area contributed by atoms with E-state index in [0.29, 0.717) is 6.04 Å². The number of hydrogen-bond donors (Lipinski definition) is 2. The first-order valence-corrected chi connectivity index (χ1v) is 6.77. The summed E-state index contributed by atoms with van der Waals surface area (Å²) in [6.45, 7) is 10.9. The summed E-state index contributed by atoms with van der Waals surface area (Å²) in [5.74, 6) is 1.62. The van der Waals surface area contributed by atoms with Crippen LogP contribution in [-0.4, -0.2) is 47.8 Å². The number of likely N-dealkylation sites (tertiary alicyclic amines) is 1. The van der Waals surface area contributed by atoms with Crippen LogP contribution in [0.1, 0.15) is 33.6 Å². The summed E-state index contributed by atoms with van der Waals surface area (Å²) < 4.78 is 0. The molecule has 0 aromatic rings. The lowest BCUT2D eigenvalue weighted by Crippen LogP contribution is -2.45. The average molecular weight is 226 g/mol. The highest BCUT2D eigenvalue weighted by Gasteiger charge is 2.43. The van der Waals surface area contributed by atoms with E-state index in [1.807, 2.05) is 0 Å². The maximum Gasteiger partial charge on any atom is 0.0769 e. The largest absolute Gasteiger partial charge is 0.389 e. The SMILES string of the molecule is CCC(O)(CC)CN1CC2CNCC2C1C. The predicted octanol–water partition coefficient (Wildman–Crippen LogP) is 1.08. The molecule has 2 aliphatic rings. The zero-order valence-electron chi connectivity index (χ0n) is 10.9. The second-order valence-corrected chi connectivity index (χ2v) is 5.68. The van der Waals surface area contributed by atoms with Gasteiger partial charge in [0.15, 0.2) is 0 Å². The first kappa shape index (κ1) is 12.3. The van der Waals surface area contributed by atoms with Crippen molar-refractivity contribution in [1.29, 1.82) is 0 Å². The third-order valence-corrected chi connectivity index (χ3v) is 4.87. The van der Waals surface area contributed by atoms with Gasteiger partial charge >= 0.3 is 0 Å². The average Bonchev–Trinajstić information content (AvgIpc) is 2.84. The smallest absolute Gasteiger partial charge is 0.0769 e. The molecule has 3 heteroatoms. The molecule has 2 rings (SSSR count). The molecule has 0 aromatic carbocycles. The first-order chi connectivity index (χ1) is 7.59. The van der Waals surface area contributed by atoms with Crippen LogP contribution in [0.2, 0.25) is 0 Å². The van der Waals surface area contributed by atoms with Crippen molar-refractivity contribution in [2.24, 2.45) is 11.8 Å². The number of nitrogens with one attached hydrogen (secondary N) is 1. The monoisotopic (exact) mass is 226 g/mol. The van der Waals surface area contributed by atoms with Crippen LogP contribution in [0.4, 0.5) is 0 Å². The van der Waals surface area contributed by atoms with E-state index in [0.717, 1.165) is 31.2 Å². The quantitative estimate of drug-likeness (QED) is 0.753. The second kappa shape index (κ2) is 4.63. The summed E-state index contributed by atoms with van der Waals surface area (Å²) >= 11 is 0. The third-order valence-electron chi connectivity index (χ3n) is 4.87. The number of β-amino-alcohol motifs (C(OH)–C–C–N with tert-alkyl or cyclic N) is 1. The molecule has 3 nitrogen and oxygen atoms in total. The lowest BCUT2D eigenvalue weighted by Gasteiger charge is -2.34. The van der Waals surface area contributed by atoms with Crippen LogP contribution in [0.15, 0.2) is 0 Å². The van der Waals surface area contributed by atoms with Crippen molar-refractivity contribution in [1.82, 2.24) is 10.2 Å². The highest BCUT2D eigenvalue weighted by atomic mass is 16.3. The zero-order chi connectivity index (χ0) is 11.8. The van der Waals surface area contributed by atoms with Crippen LogP contribution < -0.4 is 5.32 Å². The Morgan fingerprint density at radius 2 is 2.00 bits per heavy atom. The molecule has 0 radical (unpaired) electrons. The third kappa shape index (κ3) is 2.13. The topological polar surface area (TPSA) is 35.5 Å². The molecule has 0 bridgehead atoms. The van der Waals surface area contributed by atoms with E-state index in [-0.39, 0.29) is 0 Å². The van der Waals surface area contributed by atoms with Gasteiger partial charge in [0, 0.05) is 19.1 Å². The fourth-order valence-corrected chi connectivity index (χ4v) is 3.32. The number of rotatable bonds is 4. The minimum absolute atomic E-state index is 0.472. The summed E-state index contributed by atoms with van der Waals surface area (Å²) in [6, 6.07) is 0.629. The molecule has 2 saturated heterocycles. The molecule has 2 heterocycles. The molecular formula is C13H26N2O. The zero-order valence-corrected chi connectivity index (χ0v) is 10.9. The van der Waals surface area contributed by atoms with E-state index in [4.69, 9.17) is 0 Å². The normalized spacial score (nSPS) is 35.6. The molecule has 0 amide bonds. The standard InChI is InChI=1S/C13H26N2O/c1-4-13(16,5-2)9-15-8-11-6-14-7-12(11)10(15)3/h10-12,14,16H,4-9H2,1-3H3. The van der Waals surface area contributed by atoms with Gasteiger partial charge in [-0.05, 0) is 44.7 Å². The highest BCUT2D eigenvalue weighted by Crippen LogP contribution is 2.33. The Morgan fingerprint density at radius 1 is 1.31 bits per heavy atom. The van der Waals surface area contributed by atoms with Gasteiger partial charge in [0.2, 0.25) is 0 Å². The Balaban J connectivity index is 1.96. The molecule has 0 spiro atoms. The van der Waals surface area contributed by atoms with Crippen molar-refractivity contribution in [2.75, 3.05) is 26.2 Å². The van der Waals surface area contributed by atoms with Gasteiger partial charge < -0.3 is 10.4 Å². The van der Waals surface area contributed by atoms with E-state index in [1.54, 1.807) is 0 Å². The van der Waals surface area contributed by atoms with E-state index in [2.05, 4.69) is 31.0 Å². The van der Waals surface area contributed by atoms with E-state index < -0.39 is 5.60 Å². The van der Waals surface area contributed by atoms with Crippen LogP contribution >= 0.6 is 0 Å². The summed E-state index contributed by atoms with van der Waals surface area (Å²) in [5.41, 5.74) is -0.472. The first-order valence-electron chi connectivity index (χ1n) is 6.77. The van der Waals surface area contributed by atoms with Gasteiger partial charge in [-0.25, -0.2) is 0 Å². The highest BCUT2D eigenvalue weighted by molar-refractivity contribution is 4.98. The van der Waals surface area contributed by atoms with E-state index >= 15 is 0 Å². The fourth-order valence-electron chi connectivity index (χ4n) is 3.32. The molecule has 0 aliphatic carbocycles. The molecular weight excluding hydrogens is 200 g/mol. The molecule has 3 unspecified atom stereocenters. The Hall–Kier alpha value is -0.120. The fraction of sp³-hybridized carbons (Fsp3) is 1.00. The summed E-state index contributed by atoms with van der Waals surface area (Å²) in [6.07, 6.45) is 1.72. The Kier molecular flexibility index (Phi) is 3.57. The maximum absolute atomic E-state index is 10.4. The molecule has 2 fully saturated rings. The summed E-state index contributed by atoms with van der Waals surface area (Å²) in [4.78, 5) is 2.50. The number of aliphatic hydroxyl groups is 1. The molecule has 2 N–H and O–H groups in total. The maximum atomic E-state index is 10.4. The van der Waals surface area contributed by atoms with Crippen LogP contribution in [-0.2, 0) is 0 Å². The van der Waals surface area contributed by atoms with E-state index in [9.17, 15) is 5.11 Å². The van der Waals surface area contributed by atoms with Crippen molar-refractivity contribution >= 4 is 0 Å². The van der Waals surface area contributed by atoms with Gasteiger partial charge in [-0.15, -0.1) is 0 Å². The van der Waals surface area contributed by atoms with Crippen LogP contribution in [0.25, 0.3) is 0 Å². The van der Waals surface area contributed by atoms with Crippen molar-refractivity contribution in [3.63, 3.8) is 0 Å². The van der Waals surface area contributed by atoms with E-state index in [1.165, 1.54) is 19.6 Å². The van der Waals surface area contributed by atoms with Gasteiger partial charge in [-0.3, -0.25) is 4.90 Å². The summed E-state index contributed by atoms with van der Waals surface area (Å²) in [7, 11) is 0. The molecule has 0 saturated carbocycles. The number of hydrogen-bond acceptors (Lipinski definition) is 3. The van der Waals surface area contributed by atoms with Crippen molar-refractivity contribution < 1.29 is 5.11 Å². The predicted molar refractivity (Wildman–Crippen MR) is 66.4 cm³/mol. The number of nitrogens with zero attached hydrogens (tertiary/aromatic N) is 1. The van der Waals surface area contributed by atoms with Crippen molar-refractivity contribution in [3.8, 4) is 0 Å². The number of fused-ring (bicyclic) bond motifs is 1. The van der Waals surface area contributed by atoms with Gasteiger partial charge in [-0.1, -0.05) is 13.8 Å². The minimum Gasteiger partial charge on any atom is -0.389 e. The Labute approximate surface area is 99.2 Å². The molecule has 94 valence electrons. The Morgan fingerprint density at radius 3 is 2.56 bits per heavy atom. The molecule has 3 atom stereocenters. The minimum atomic E-state index is -0.472. The molecule has 2 aliphatic heterocycles. The van der Waals surface area contributed by atoms with Crippen molar-refractivity contribution in [3.05, 3.63) is 0 Å². The Bertz CT molecular complexity index is 240. The molecule has 0 aromatic heterocycles. The van der Waals surface area contributed by atoms with Gasteiger partial charge in [-0.2, -0.15) is 0 Å². The van der Waals surface area contributed by atoms with Crippen LogP contribution in [0.3, 0.4) is 0 Å². The summed E-state index contributed by atoms with van der Waals surface area (Å²) in [5, 5.41) is 13.9. The lowest BCUT2D eigenvalue weighted by atomic mass is 9.94.